The van der Waals surface area contributed by atoms with Gasteiger partial charge < -0.3 is 4.90 Å². The second kappa shape index (κ2) is 3.98. The van der Waals surface area contributed by atoms with Crippen molar-refractivity contribution in [1.29, 1.82) is 0 Å². The zero-order valence-electron chi connectivity index (χ0n) is 9.46. The van der Waals surface area contributed by atoms with Crippen LogP contribution in [0, 0.1) is 23.7 Å². The van der Waals surface area contributed by atoms with Crippen molar-refractivity contribution in [2.45, 2.75) is 32.6 Å². The molecule has 0 aromatic heterocycles. The molecule has 3 rings (SSSR count). The summed E-state index contributed by atoms with van der Waals surface area (Å²) >= 11 is 0. The number of ketones is 1. The second-order valence-electron chi connectivity index (χ2n) is 4.84. The second-order valence-corrected chi connectivity index (χ2v) is 4.84. The van der Waals surface area contributed by atoms with Gasteiger partial charge in [0, 0.05) is 13.0 Å². The Bertz CT molecular complexity index is 296. The number of hydrogen-bond acceptors (Lipinski definition) is 2. The van der Waals surface area contributed by atoms with E-state index in [-0.39, 0.29) is 0 Å². The first-order valence-corrected chi connectivity index (χ1v) is 5.96. The summed E-state index contributed by atoms with van der Waals surface area (Å²) in [6, 6.07) is 0. The molecular formula is C13H19NO. The van der Waals surface area contributed by atoms with E-state index in [1.807, 2.05) is 6.92 Å². The maximum atomic E-state index is 12.2. The van der Waals surface area contributed by atoms with Crippen molar-refractivity contribution in [2.24, 2.45) is 11.3 Å². The van der Waals surface area contributed by atoms with Gasteiger partial charge in [-0.1, -0.05) is 12.8 Å². The van der Waals surface area contributed by atoms with E-state index < -0.39 is 5.41 Å². The Hall–Kier alpha value is -0.810. The topological polar surface area (TPSA) is 20.3 Å². The van der Waals surface area contributed by atoms with E-state index >= 15 is 0 Å². The Morgan fingerprint density at radius 1 is 1.53 bits per heavy atom. The lowest BCUT2D eigenvalue weighted by Crippen LogP contribution is -2.57. The molecule has 2 nitrogen and oxygen atoms in total. The normalized spacial score (nSPS) is 38.7. The highest BCUT2D eigenvalue weighted by atomic mass is 16.1. The van der Waals surface area contributed by atoms with Crippen molar-refractivity contribution in [3.05, 3.63) is 0 Å². The number of hydrogen-bond donors (Lipinski definition) is 0. The summed E-state index contributed by atoms with van der Waals surface area (Å²) in [6.45, 7) is 5.12. The molecule has 0 saturated carbocycles. The van der Waals surface area contributed by atoms with Crippen LogP contribution >= 0.6 is 0 Å². The number of Topliss-reactive ketones (excluding diaryl/α,β-unsaturated/α-hetero) is 1. The Balaban J connectivity index is 2.22. The van der Waals surface area contributed by atoms with E-state index in [1.165, 1.54) is 0 Å². The molecule has 0 spiro atoms. The lowest BCUT2D eigenvalue weighted by Gasteiger charge is -2.49. The lowest BCUT2D eigenvalue weighted by atomic mass is 9.64. The average Bonchev–Trinajstić information content (AvgIpc) is 2.30. The fourth-order valence-electron chi connectivity index (χ4n) is 3.08. The van der Waals surface area contributed by atoms with Crippen molar-refractivity contribution < 1.29 is 4.79 Å². The van der Waals surface area contributed by atoms with E-state index in [4.69, 9.17) is 6.42 Å². The van der Waals surface area contributed by atoms with Crippen molar-refractivity contribution in [2.75, 3.05) is 19.6 Å². The Labute approximate surface area is 92.0 Å². The summed E-state index contributed by atoms with van der Waals surface area (Å²) in [5, 5.41) is 0. The average molecular weight is 205 g/mol. The standard InChI is InChI=1S/C13H19NO/c1-3-5-12(15)13(4-2)10-14-8-6-11(13)7-9-14/h2,11H,3,5-10H2,1H3. The maximum absolute atomic E-state index is 12.2. The van der Waals surface area contributed by atoms with Gasteiger partial charge in [0.15, 0.2) is 5.78 Å². The van der Waals surface area contributed by atoms with Crippen molar-refractivity contribution in [3.63, 3.8) is 0 Å². The van der Waals surface area contributed by atoms with Crippen LogP contribution in [-0.2, 0) is 4.79 Å². The number of terminal acetylenes is 1. The van der Waals surface area contributed by atoms with Crippen LogP contribution in [0.2, 0.25) is 0 Å². The first kappa shape index (κ1) is 10.7. The highest BCUT2D eigenvalue weighted by Gasteiger charge is 2.49. The van der Waals surface area contributed by atoms with E-state index in [9.17, 15) is 4.79 Å². The molecule has 0 aliphatic carbocycles. The van der Waals surface area contributed by atoms with Crippen molar-refractivity contribution >= 4 is 5.78 Å². The number of nitrogens with zero attached hydrogens (tertiary/aromatic N) is 1. The van der Waals surface area contributed by atoms with E-state index in [0.29, 0.717) is 18.1 Å². The summed E-state index contributed by atoms with van der Waals surface area (Å²) in [5.74, 6) is 3.60. The van der Waals surface area contributed by atoms with Crippen molar-refractivity contribution in [1.82, 2.24) is 4.90 Å². The molecule has 3 aliphatic heterocycles. The van der Waals surface area contributed by atoms with Gasteiger partial charge in [0.1, 0.15) is 5.41 Å². The summed E-state index contributed by atoms with van der Waals surface area (Å²) < 4.78 is 0. The molecule has 3 aliphatic rings. The van der Waals surface area contributed by atoms with E-state index in [1.54, 1.807) is 0 Å². The fourth-order valence-corrected chi connectivity index (χ4v) is 3.08. The summed E-state index contributed by atoms with van der Waals surface area (Å²) in [7, 11) is 0. The van der Waals surface area contributed by atoms with Gasteiger partial charge >= 0.3 is 0 Å². The number of carbonyl (C=O) groups is 1. The Morgan fingerprint density at radius 3 is 2.60 bits per heavy atom. The minimum Gasteiger partial charge on any atom is -0.301 e. The summed E-state index contributed by atoms with van der Waals surface area (Å²) in [5.41, 5.74) is -0.438. The predicted octanol–water partition coefficient (Wildman–Crippen LogP) is 1.70. The highest BCUT2D eigenvalue weighted by molar-refractivity contribution is 5.88. The zero-order valence-corrected chi connectivity index (χ0v) is 9.46. The monoisotopic (exact) mass is 205 g/mol. The zero-order chi connectivity index (χ0) is 10.9. The van der Waals surface area contributed by atoms with Crippen LogP contribution in [0.25, 0.3) is 0 Å². The summed E-state index contributed by atoms with van der Waals surface area (Å²) in [4.78, 5) is 14.5. The largest absolute Gasteiger partial charge is 0.301 e. The minimum absolute atomic E-state index is 0.307. The first-order valence-electron chi connectivity index (χ1n) is 5.96. The van der Waals surface area contributed by atoms with Gasteiger partial charge in [0.05, 0.1) is 0 Å². The molecule has 0 aromatic rings. The summed E-state index contributed by atoms with van der Waals surface area (Å²) in [6.07, 6.45) is 9.44. The van der Waals surface area contributed by atoms with E-state index in [2.05, 4.69) is 10.8 Å². The molecule has 3 heterocycles. The van der Waals surface area contributed by atoms with Crippen LogP contribution in [0.4, 0.5) is 0 Å². The van der Waals surface area contributed by atoms with Gasteiger partial charge in [-0.2, -0.15) is 0 Å². The van der Waals surface area contributed by atoms with Crippen LogP contribution in [0.15, 0.2) is 0 Å². The molecule has 3 fully saturated rings. The van der Waals surface area contributed by atoms with Crippen LogP contribution in [0.1, 0.15) is 32.6 Å². The molecule has 0 N–H and O–H groups in total. The third kappa shape index (κ3) is 1.59. The van der Waals surface area contributed by atoms with Gasteiger partial charge in [-0.15, -0.1) is 6.42 Å². The van der Waals surface area contributed by atoms with Gasteiger partial charge in [-0.25, -0.2) is 0 Å². The van der Waals surface area contributed by atoms with Gasteiger partial charge in [0.2, 0.25) is 0 Å². The Kier molecular flexibility index (Phi) is 2.84. The maximum Gasteiger partial charge on any atom is 0.152 e. The lowest BCUT2D eigenvalue weighted by molar-refractivity contribution is -0.134. The highest BCUT2D eigenvalue weighted by Crippen LogP contribution is 2.43. The van der Waals surface area contributed by atoms with E-state index in [0.717, 1.165) is 38.9 Å². The Morgan fingerprint density at radius 2 is 2.20 bits per heavy atom. The minimum atomic E-state index is -0.438. The quantitative estimate of drug-likeness (QED) is 0.654. The molecule has 2 heteroatoms. The van der Waals surface area contributed by atoms with Crippen LogP contribution in [0.3, 0.4) is 0 Å². The molecule has 0 aromatic carbocycles. The molecule has 2 bridgehead atoms. The molecular weight excluding hydrogens is 186 g/mol. The predicted molar refractivity (Wildman–Crippen MR) is 60.3 cm³/mol. The molecule has 82 valence electrons. The molecule has 1 atom stereocenters. The van der Waals surface area contributed by atoms with Gasteiger partial charge in [-0.05, 0) is 38.3 Å². The van der Waals surface area contributed by atoms with Crippen LogP contribution in [0.5, 0.6) is 0 Å². The SMILES string of the molecule is C#CC1(C(=O)CCC)CN2CCC1CC2. The number of rotatable bonds is 3. The van der Waals surface area contributed by atoms with Crippen molar-refractivity contribution in [3.8, 4) is 12.3 Å². The fraction of sp³-hybridized carbons (Fsp3) is 0.769. The van der Waals surface area contributed by atoms with Gasteiger partial charge in [-0.3, -0.25) is 4.79 Å². The van der Waals surface area contributed by atoms with Crippen LogP contribution in [-0.4, -0.2) is 30.3 Å². The number of piperidine rings is 3. The van der Waals surface area contributed by atoms with Crippen LogP contribution < -0.4 is 0 Å². The molecule has 0 amide bonds. The molecule has 0 radical (unpaired) electrons. The molecule has 15 heavy (non-hydrogen) atoms. The number of carbonyl (C=O) groups excluding carboxylic acids is 1. The molecule has 3 saturated heterocycles. The molecule has 1 unspecified atom stereocenters. The first-order chi connectivity index (χ1) is 7.23. The number of fused-ring (bicyclic) bond motifs is 3. The third-order valence-corrected chi connectivity index (χ3v) is 3.99. The van der Waals surface area contributed by atoms with Gasteiger partial charge in [0.25, 0.3) is 0 Å². The third-order valence-electron chi connectivity index (χ3n) is 3.99. The smallest absolute Gasteiger partial charge is 0.152 e.